The molecule has 0 aliphatic heterocycles. The SMILES string of the molecule is COc1ccc(CN(C(=O)COc2ccc(C(C)(C)C)cc2)[C@@H](C)C(=O)NC2CCCCC2)cc1. The average molecular weight is 481 g/mol. The Labute approximate surface area is 210 Å². The van der Waals surface area contributed by atoms with Gasteiger partial charge in [-0.05, 0) is 60.6 Å². The average Bonchev–Trinajstić information content (AvgIpc) is 2.86. The van der Waals surface area contributed by atoms with E-state index in [1.165, 1.54) is 12.0 Å². The van der Waals surface area contributed by atoms with Gasteiger partial charge in [0.25, 0.3) is 5.91 Å². The van der Waals surface area contributed by atoms with Gasteiger partial charge in [-0.25, -0.2) is 0 Å². The zero-order chi connectivity index (χ0) is 25.4. The van der Waals surface area contributed by atoms with E-state index in [2.05, 4.69) is 26.1 Å². The largest absolute Gasteiger partial charge is 0.497 e. The lowest BCUT2D eigenvalue weighted by Crippen LogP contribution is -2.51. The van der Waals surface area contributed by atoms with E-state index in [9.17, 15) is 9.59 Å². The number of rotatable bonds is 9. The number of nitrogens with one attached hydrogen (secondary N) is 1. The van der Waals surface area contributed by atoms with E-state index in [1.54, 1.807) is 18.9 Å². The van der Waals surface area contributed by atoms with Crippen molar-refractivity contribution in [1.82, 2.24) is 10.2 Å². The summed E-state index contributed by atoms with van der Waals surface area (Å²) in [5, 5.41) is 3.16. The van der Waals surface area contributed by atoms with Crippen molar-refractivity contribution in [1.29, 1.82) is 0 Å². The van der Waals surface area contributed by atoms with Crippen LogP contribution in [0.5, 0.6) is 11.5 Å². The monoisotopic (exact) mass is 480 g/mol. The smallest absolute Gasteiger partial charge is 0.261 e. The van der Waals surface area contributed by atoms with Gasteiger partial charge in [0.15, 0.2) is 6.61 Å². The Hall–Kier alpha value is -3.02. The second-order valence-electron chi connectivity index (χ2n) is 10.5. The van der Waals surface area contributed by atoms with Gasteiger partial charge in [0.1, 0.15) is 17.5 Å². The number of nitrogens with zero attached hydrogens (tertiary/aromatic N) is 1. The molecule has 2 aromatic rings. The van der Waals surface area contributed by atoms with Gasteiger partial charge in [-0.3, -0.25) is 9.59 Å². The molecule has 0 radical (unpaired) electrons. The molecule has 0 aromatic heterocycles. The number of carbonyl (C=O) groups excluding carboxylic acids is 2. The first-order chi connectivity index (χ1) is 16.7. The number of benzene rings is 2. The maximum Gasteiger partial charge on any atom is 0.261 e. The summed E-state index contributed by atoms with van der Waals surface area (Å²) in [6.07, 6.45) is 5.49. The minimum atomic E-state index is -0.613. The number of carbonyl (C=O) groups is 2. The van der Waals surface area contributed by atoms with Gasteiger partial charge in [0.2, 0.25) is 5.91 Å². The van der Waals surface area contributed by atoms with Crippen LogP contribution >= 0.6 is 0 Å². The third kappa shape index (κ3) is 7.74. The molecule has 1 atom stereocenters. The molecule has 0 bridgehead atoms. The van der Waals surface area contributed by atoms with Crippen LogP contribution in [0.4, 0.5) is 0 Å². The third-order valence-corrected chi connectivity index (χ3v) is 6.71. The fourth-order valence-electron chi connectivity index (χ4n) is 4.36. The van der Waals surface area contributed by atoms with Crippen LogP contribution in [0.2, 0.25) is 0 Å². The highest BCUT2D eigenvalue weighted by Crippen LogP contribution is 2.24. The second-order valence-corrected chi connectivity index (χ2v) is 10.5. The molecule has 1 aliphatic rings. The lowest BCUT2D eigenvalue weighted by atomic mass is 9.87. The molecule has 3 rings (SSSR count). The molecule has 0 heterocycles. The molecule has 190 valence electrons. The number of amides is 2. The molecular weight excluding hydrogens is 440 g/mol. The van der Waals surface area contributed by atoms with Crippen LogP contribution in [0.15, 0.2) is 48.5 Å². The van der Waals surface area contributed by atoms with E-state index >= 15 is 0 Å². The van der Waals surface area contributed by atoms with Crippen LogP contribution in [0.25, 0.3) is 0 Å². The van der Waals surface area contributed by atoms with Crippen LogP contribution < -0.4 is 14.8 Å². The summed E-state index contributed by atoms with van der Waals surface area (Å²) in [5.41, 5.74) is 2.17. The molecule has 35 heavy (non-hydrogen) atoms. The number of methoxy groups -OCH3 is 1. The maximum absolute atomic E-state index is 13.3. The highest BCUT2D eigenvalue weighted by molar-refractivity contribution is 5.88. The Morgan fingerprint density at radius 1 is 0.971 bits per heavy atom. The molecule has 2 amide bonds. The van der Waals surface area contributed by atoms with E-state index in [-0.39, 0.29) is 29.9 Å². The molecular formula is C29H40N2O4. The van der Waals surface area contributed by atoms with E-state index in [1.807, 2.05) is 48.5 Å². The highest BCUT2D eigenvalue weighted by Gasteiger charge is 2.28. The van der Waals surface area contributed by atoms with E-state index in [0.29, 0.717) is 12.3 Å². The van der Waals surface area contributed by atoms with Crippen LogP contribution in [-0.4, -0.2) is 42.5 Å². The highest BCUT2D eigenvalue weighted by atomic mass is 16.5. The van der Waals surface area contributed by atoms with Crippen molar-refractivity contribution < 1.29 is 19.1 Å². The van der Waals surface area contributed by atoms with E-state index < -0.39 is 6.04 Å². The molecule has 0 unspecified atom stereocenters. The molecule has 1 fully saturated rings. The summed E-state index contributed by atoms with van der Waals surface area (Å²) in [4.78, 5) is 28.0. The van der Waals surface area contributed by atoms with Gasteiger partial charge in [-0.1, -0.05) is 64.3 Å². The zero-order valence-corrected chi connectivity index (χ0v) is 21.8. The van der Waals surface area contributed by atoms with Crippen LogP contribution in [0, 0.1) is 0 Å². The predicted octanol–water partition coefficient (Wildman–Crippen LogP) is 5.24. The molecule has 0 saturated heterocycles. The van der Waals surface area contributed by atoms with Crippen molar-refractivity contribution in [3.63, 3.8) is 0 Å². The summed E-state index contributed by atoms with van der Waals surface area (Å²) >= 11 is 0. The Morgan fingerprint density at radius 3 is 2.14 bits per heavy atom. The van der Waals surface area contributed by atoms with E-state index in [0.717, 1.165) is 37.0 Å². The Balaban J connectivity index is 1.70. The normalized spacial score (nSPS) is 15.2. The standard InChI is InChI=1S/C29H40N2O4/c1-21(28(33)30-24-9-7-6-8-10-24)31(19-22-11-15-25(34-5)16-12-22)27(32)20-35-26-17-13-23(14-18-26)29(2,3)4/h11-18,21,24H,6-10,19-20H2,1-5H3,(H,30,33)/t21-/m0/s1. The van der Waals surface area contributed by atoms with Crippen LogP contribution in [0.3, 0.4) is 0 Å². The van der Waals surface area contributed by atoms with Crippen LogP contribution in [0.1, 0.15) is 70.9 Å². The lowest BCUT2D eigenvalue weighted by molar-refractivity contribution is -0.142. The fraction of sp³-hybridized carbons (Fsp3) is 0.517. The van der Waals surface area contributed by atoms with Gasteiger partial charge >= 0.3 is 0 Å². The number of hydrogen-bond acceptors (Lipinski definition) is 4. The minimum absolute atomic E-state index is 0.0463. The van der Waals surface area contributed by atoms with Crippen LogP contribution in [-0.2, 0) is 21.5 Å². The summed E-state index contributed by atoms with van der Waals surface area (Å²) in [6.45, 7) is 8.44. The van der Waals surface area contributed by atoms with Crippen molar-refractivity contribution in [3.8, 4) is 11.5 Å². The number of hydrogen-bond donors (Lipinski definition) is 1. The first-order valence-electron chi connectivity index (χ1n) is 12.6. The summed E-state index contributed by atoms with van der Waals surface area (Å²) in [5.74, 6) is 1.03. The molecule has 1 saturated carbocycles. The Morgan fingerprint density at radius 2 is 1.57 bits per heavy atom. The maximum atomic E-state index is 13.3. The predicted molar refractivity (Wildman–Crippen MR) is 139 cm³/mol. The molecule has 6 heteroatoms. The van der Waals surface area contributed by atoms with Crippen molar-refractivity contribution >= 4 is 11.8 Å². The molecule has 6 nitrogen and oxygen atoms in total. The van der Waals surface area contributed by atoms with Crippen molar-refractivity contribution in [2.24, 2.45) is 0 Å². The molecule has 1 N–H and O–H groups in total. The van der Waals surface area contributed by atoms with Gasteiger partial charge < -0.3 is 19.7 Å². The summed E-state index contributed by atoms with van der Waals surface area (Å²) < 4.78 is 11.1. The Bertz CT molecular complexity index is 958. The summed E-state index contributed by atoms with van der Waals surface area (Å²) in [7, 11) is 1.62. The van der Waals surface area contributed by atoms with Crippen molar-refractivity contribution in [2.75, 3.05) is 13.7 Å². The quantitative estimate of drug-likeness (QED) is 0.533. The first kappa shape index (κ1) is 26.6. The molecule has 2 aromatic carbocycles. The van der Waals surface area contributed by atoms with Crippen molar-refractivity contribution in [2.45, 2.75) is 83.8 Å². The van der Waals surface area contributed by atoms with Gasteiger partial charge in [-0.15, -0.1) is 0 Å². The third-order valence-electron chi connectivity index (χ3n) is 6.71. The lowest BCUT2D eigenvalue weighted by Gasteiger charge is -2.31. The topological polar surface area (TPSA) is 67.9 Å². The fourth-order valence-corrected chi connectivity index (χ4v) is 4.36. The molecule has 0 spiro atoms. The van der Waals surface area contributed by atoms with Gasteiger partial charge in [0.05, 0.1) is 7.11 Å². The van der Waals surface area contributed by atoms with Gasteiger partial charge in [-0.2, -0.15) is 0 Å². The second kappa shape index (κ2) is 12.1. The first-order valence-corrected chi connectivity index (χ1v) is 12.6. The van der Waals surface area contributed by atoms with Crippen molar-refractivity contribution in [3.05, 3.63) is 59.7 Å². The minimum Gasteiger partial charge on any atom is -0.497 e. The van der Waals surface area contributed by atoms with Gasteiger partial charge in [0, 0.05) is 12.6 Å². The van der Waals surface area contributed by atoms with E-state index in [4.69, 9.17) is 9.47 Å². The number of ether oxygens (including phenoxy) is 2. The summed E-state index contributed by atoms with van der Waals surface area (Å²) in [6, 6.07) is 14.9. The zero-order valence-electron chi connectivity index (χ0n) is 21.8. The molecule has 1 aliphatic carbocycles. The Kier molecular flexibility index (Phi) is 9.19.